The number of hydrogen-bond donors (Lipinski definition) is 1. The van der Waals surface area contributed by atoms with E-state index >= 15 is 0 Å². The summed E-state index contributed by atoms with van der Waals surface area (Å²) in [5.41, 5.74) is 6.74. The van der Waals surface area contributed by atoms with Crippen LogP contribution in [0.2, 0.25) is 0 Å². The summed E-state index contributed by atoms with van der Waals surface area (Å²) in [5, 5.41) is 0. The molecule has 0 aliphatic carbocycles. The minimum absolute atomic E-state index is 0.369. The van der Waals surface area contributed by atoms with Crippen LogP contribution in [0, 0.1) is 6.92 Å². The van der Waals surface area contributed by atoms with E-state index < -0.39 is 0 Å². The van der Waals surface area contributed by atoms with Crippen LogP contribution in [0.4, 0.5) is 11.8 Å². The number of nitrogens with two attached hydrogens (primary N) is 1. The van der Waals surface area contributed by atoms with Gasteiger partial charge < -0.3 is 10.6 Å². The Balaban J connectivity index is 2.30. The normalized spacial score (nSPS) is 21.7. The average molecular weight is 206 g/mol. The average Bonchev–Trinajstić information content (AvgIpc) is 2.23. The molecule has 0 bridgehead atoms. The van der Waals surface area contributed by atoms with Gasteiger partial charge in [-0.15, -0.1) is 0 Å². The number of hydrogen-bond acceptors (Lipinski definition) is 4. The second-order valence-electron chi connectivity index (χ2n) is 4.27. The lowest BCUT2D eigenvalue weighted by atomic mass is 10.0. The van der Waals surface area contributed by atoms with Crippen LogP contribution in [0.25, 0.3) is 0 Å². The smallest absolute Gasteiger partial charge is 0.221 e. The molecule has 1 aliphatic heterocycles. The van der Waals surface area contributed by atoms with Crippen LogP contribution in [0.3, 0.4) is 0 Å². The van der Waals surface area contributed by atoms with Crippen molar-refractivity contribution in [2.75, 3.05) is 17.2 Å². The maximum Gasteiger partial charge on any atom is 0.221 e. The topological polar surface area (TPSA) is 55.0 Å². The Morgan fingerprint density at radius 3 is 3.00 bits per heavy atom. The highest BCUT2D eigenvalue weighted by atomic mass is 15.2. The molecule has 2 heterocycles. The predicted molar refractivity (Wildman–Crippen MR) is 61.8 cm³/mol. The van der Waals surface area contributed by atoms with E-state index in [0.717, 1.165) is 17.9 Å². The molecule has 2 N–H and O–H groups in total. The molecule has 1 saturated heterocycles. The Hall–Kier alpha value is -1.32. The maximum atomic E-state index is 5.63. The molecule has 0 amide bonds. The Labute approximate surface area is 90.5 Å². The van der Waals surface area contributed by atoms with Gasteiger partial charge in [0.1, 0.15) is 5.82 Å². The number of nitrogen functional groups attached to an aromatic ring is 1. The van der Waals surface area contributed by atoms with Crippen molar-refractivity contribution in [1.82, 2.24) is 9.97 Å². The summed E-state index contributed by atoms with van der Waals surface area (Å²) in [6.07, 6.45) is 5.60. The summed E-state index contributed by atoms with van der Waals surface area (Å²) in [7, 11) is 0. The first-order valence-electron chi connectivity index (χ1n) is 5.54. The molecule has 1 unspecified atom stereocenters. The molecule has 0 aromatic carbocycles. The van der Waals surface area contributed by atoms with Crippen molar-refractivity contribution in [2.45, 2.75) is 39.2 Å². The van der Waals surface area contributed by atoms with Gasteiger partial charge in [0.15, 0.2) is 0 Å². The first kappa shape index (κ1) is 10.2. The summed E-state index contributed by atoms with van der Waals surface area (Å²) < 4.78 is 0. The summed E-state index contributed by atoms with van der Waals surface area (Å²) in [6, 6.07) is 0.562. The Bertz CT molecular complexity index is 350. The first-order chi connectivity index (χ1) is 7.18. The summed E-state index contributed by atoms with van der Waals surface area (Å²) in [6.45, 7) is 5.37. The van der Waals surface area contributed by atoms with Gasteiger partial charge in [-0.3, -0.25) is 0 Å². The zero-order chi connectivity index (χ0) is 10.8. The monoisotopic (exact) mass is 206 g/mol. The van der Waals surface area contributed by atoms with Crippen LogP contribution in [0.5, 0.6) is 0 Å². The van der Waals surface area contributed by atoms with Gasteiger partial charge >= 0.3 is 0 Å². The predicted octanol–water partition coefficient (Wildman–Crippen LogP) is 1.75. The van der Waals surface area contributed by atoms with Crippen molar-refractivity contribution in [3.8, 4) is 0 Å². The van der Waals surface area contributed by atoms with Crippen LogP contribution in [0.15, 0.2) is 6.20 Å². The lowest BCUT2D eigenvalue weighted by Gasteiger charge is -2.35. The van der Waals surface area contributed by atoms with Crippen molar-refractivity contribution in [3.05, 3.63) is 11.8 Å². The molecule has 15 heavy (non-hydrogen) atoms. The van der Waals surface area contributed by atoms with Crippen molar-refractivity contribution >= 4 is 11.8 Å². The molecule has 4 nitrogen and oxygen atoms in total. The second kappa shape index (κ2) is 4.04. The van der Waals surface area contributed by atoms with E-state index in [1.54, 1.807) is 6.20 Å². The molecule has 1 aliphatic rings. The zero-order valence-electron chi connectivity index (χ0n) is 9.40. The van der Waals surface area contributed by atoms with Gasteiger partial charge in [0, 0.05) is 24.3 Å². The SMILES string of the molecule is Cc1cnc(N)nc1N1CCCCC1C. The quantitative estimate of drug-likeness (QED) is 0.760. The van der Waals surface area contributed by atoms with E-state index in [1.807, 2.05) is 6.92 Å². The van der Waals surface area contributed by atoms with E-state index in [9.17, 15) is 0 Å². The lowest BCUT2D eigenvalue weighted by molar-refractivity contribution is 0.480. The molecule has 0 radical (unpaired) electrons. The van der Waals surface area contributed by atoms with Crippen molar-refractivity contribution in [1.29, 1.82) is 0 Å². The van der Waals surface area contributed by atoms with Crippen LogP contribution < -0.4 is 10.6 Å². The maximum absolute atomic E-state index is 5.63. The standard InChI is InChI=1S/C11H18N4/c1-8-7-13-11(12)14-10(8)15-6-4-3-5-9(15)2/h7,9H,3-6H2,1-2H3,(H2,12,13,14). The summed E-state index contributed by atoms with van der Waals surface area (Å²) in [5.74, 6) is 1.38. The lowest BCUT2D eigenvalue weighted by Crippen LogP contribution is -2.38. The van der Waals surface area contributed by atoms with Crippen molar-refractivity contribution < 1.29 is 0 Å². The van der Waals surface area contributed by atoms with Crippen LogP contribution in [-0.4, -0.2) is 22.6 Å². The number of aryl methyl sites for hydroxylation is 1. The van der Waals surface area contributed by atoms with Crippen LogP contribution in [0.1, 0.15) is 31.7 Å². The fourth-order valence-electron chi connectivity index (χ4n) is 2.15. The van der Waals surface area contributed by atoms with Gasteiger partial charge in [0.2, 0.25) is 5.95 Å². The molecule has 82 valence electrons. The van der Waals surface area contributed by atoms with Gasteiger partial charge in [-0.1, -0.05) is 0 Å². The highest BCUT2D eigenvalue weighted by Crippen LogP contribution is 2.25. The number of anilines is 2. The molecular formula is C11H18N4. The number of aromatic nitrogens is 2. The summed E-state index contributed by atoms with van der Waals surface area (Å²) >= 11 is 0. The van der Waals surface area contributed by atoms with Crippen LogP contribution in [-0.2, 0) is 0 Å². The first-order valence-corrected chi connectivity index (χ1v) is 5.54. The number of rotatable bonds is 1. The molecule has 1 aromatic rings. The summed E-state index contributed by atoms with van der Waals surface area (Å²) in [4.78, 5) is 10.7. The molecule has 0 saturated carbocycles. The Morgan fingerprint density at radius 2 is 2.27 bits per heavy atom. The third-order valence-electron chi connectivity index (χ3n) is 3.04. The molecule has 0 spiro atoms. The van der Waals surface area contributed by atoms with E-state index in [4.69, 9.17) is 5.73 Å². The number of nitrogens with zero attached hydrogens (tertiary/aromatic N) is 3. The van der Waals surface area contributed by atoms with Crippen LogP contribution >= 0.6 is 0 Å². The molecular weight excluding hydrogens is 188 g/mol. The molecule has 4 heteroatoms. The minimum Gasteiger partial charge on any atom is -0.368 e. The van der Waals surface area contributed by atoms with Gasteiger partial charge in [0.05, 0.1) is 0 Å². The van der Waals surface area contributed by atoms with Gasteiger partial charge in [-0.2, -0.15) is 4.98 Å². The molecule has 1 aromatic heterocycles. The fraction of sp³-hybridized carbons (Fsp3) is 0.636. The molecule has 2 rings (SSSR count). The second-order valence-corrected chi connectivity index (χ2v) is 4.27. The molecule has 1 atom stereocenters. The zero-order valence-corrected chi connectivity index (χ0v) is 9.40. The fourth-order valence-corrected chi connectivity index (χ4v) is 2.15. The highest BCUT2D eigenvalue weighted by Gasteiger charge is 2.21. The van der Waals surface area contributed by atoms with Gasteiger partial charge in [-0.05, 0) is 33.1 Å². The highest BCUT2D eigenvalue weighted by molar-refractivity contribution is 5.49. The minimum atomic E-state index is 0.369. The molecule has 1 fully saturated rings. The van der Waals surface area contributed by atoms with E-state index in [-0.39, 0.29) is 0 Å². The Kier molecular flexibility index (Phi) is 2.75. The largest absolute Gasteiger partial charge is 0.368 e. The van der Waals surface area contributed by atoms with E-state index in [1.165, 1.54) is 19.3 Å². The third-order valence-corrected chi connectivity index (χ3v) is 3.04. The van der Waals surface area contributed by atoms with Crippen molar-refractivity contribution in [3.63, 3.8) is 0 Å². The van der Waals surface area contributed by atoms with Gasteiger partial charge in [0.25, 0.3) is 0 Å². The third kappa shape index (κ3) is 2.03. The van der Waals surface area contributed by atoms with E-state index in [0.29, 0.717) is 12.0 Å². The Morgan fingerprint density at radius 1 is 1.47 bits per heavy atom. The number of piperidine rings is 1. The van der Waals surface area contributed by atoms with Crippen molar-refractivity contribution in [2.24, 2.45) is 0 Å². The van der Waals surface area contributed by atoms with Gasteiger partial charge in [-0.25, -0.2) is 4.98 Å². The van der Waals surface area contributed by atoms with E-state index in [2.05, 4.69) is 21.8 Å².